The lowest BCUT2D eigenvalue weighted by atomic mass is 9.82. The third-order valence-corrected chi connectivity index (χ3v) is 3.03. The molecule has 0 bridgehead atoms. The van der Waals surface area contributed by atoms with Crippen molar-refractivity contribution in [1.29, 1.82) is 0 Å². The SMILES string of the molecule is CC(C)(C)CC(C)(C)NC(=O)c1nc2ccccc2[nH]1. The van der Waals surface area contributed by atoms with Crippen molar-refractivity contribution in [2.45, 2.75) is 46.6 Å². The third-order valence-electron chi connectivity index (χ3n) is 3.03. The van der Waals surface area contributed by atoms with Gasteiger partial charge in [-0.2, -0.15) is 0 Å². The average Bonchev–Trinajstić information content (AvgIpc) is 2.68. The Kier molecular flexibility index (Phi) is 3.59. The number of fused-ring (bicyclic) bond motifs is 1. The summed E-state index contributed by atoms with van der Waals surface area (Å²) in [5.41, 5.74) is 1.58. The minimum Gasteiger partial charge on any atom is -0.344 e. The molecule has 0 radical (unpaired) electrons. The number of carbonyl (C=O) groups is 1. The number of para-hydroxylation sites is 2. The molecule has 108 valence electrons. The second kappa shape index (κ2) is 4.93. The molecule has 2 rings (SSSR count). The van der Waals surface area contributed by atoms with Crippen molar-refractivity contribution in [3.05, 3.63) is 30.1 Å². The van der Waals surface area contributed by atoms with Crippen molar-refractivity contribution < 1.29 is 4.79 Å². The fourth-order valence-electron chi connectivity index (χ4n) is 2.80. The van der Waals surface area contributed by atoms with E-state index < -0.39 is 0 Å². The highest BCUT2D eigenvalue weighted by Gasteiger charge is 2.28. The van der Waals surface area contributed by atoms with E-state index in [1.807, 2.05) is 38.1 Å². The predicted octanol–water partition coefficient (Wildman–Crippen LogP) is 3.51. The van der Waals surface area contributed by atoms with Crippen molar-refractivity contribution >= 4 is 16.9 Å². The lowest BCUT2D eigenvalue weighted by Crippen LogP contribution is -2.46. The number of amides is 1. The average molecular weight is 273 g/mol. The van der Waals surface area contributed by atoms with Gasteiger partial charge < -0.3 is 10.3 Å². The highest BCUT2D eigenvalue weighted by molar-refractivity contribution is 5.94. The molecule has 2 aromatic rings. The summed E-state index contributed by atoms with van der Waals surface area (Å²) in [6.45, 7) is 10.6. The fourth-order valence-corrected chi connectivity index (χ4v) is 2.80. The quantitative estimate of drug-likeness (QED) is 0.899. The van der Waals surface area contributed by atoms with Crippen LogP contribution in [0.3, 0.4) is 0 Å². The number of nitrogens with zero attached hydrogens (tertiary/aromatic N) is 1. The molecule has 1 amide bonds. The number of H-pyrrole nitrogens is 1. The van der Waals surface area contributed by atoms with Gasteiger partial charge in [-0.3, -0.25) is 4.79 Å². The molecule has 0 aliphatic rings. The monoisotopic (exact) mass is 273 g/mol. The highest BCUT2D eigenvalue weighted by atomic mass is 16.2. The van der Waals surface area contributed by atoms with Crippen LogP contribution in [0.1, 0.15) is 51.7 Å². The molecule has 1 aromatic heterocycles. The van der Waals surface area contributed by atoms with Gasteiger partial charge in [0.05, 0.1) is 11.0 Å². The molecule has 4 heteroatoms. The maximum atomic E-state index is 12.3. The van der Waals surface area contributed by atoms with Gasteiger partial charge in [0.2, 0.25) is 0 Å². The Labute approximate surface area is 120 Å². The maximum absolute atomic E-state index is 12.3. The number of benzene rings is 1. The molecule has 0 aliphatic carbocycles. The van der Waals surface area contributed by atoms with Crippen LogP contribution in [0, 0.1) is 5.41 Å². The number of nitrogens with one attached hydrogen (secondary N) is 2. The van der Waals surface area contributed by atoms with Crippen molar-refractivity contribution in [3.8, 4) is 0 Å². The lowest BCUT2D eigenvalue weighted by Gasteiger charge is -2.33. The summed E-state index contributed by atoms with van der Waals surface area (Å²) in [4.78, 5) is 19.7. The summed E-state index contributed by atoms with van der Waals surface area (Å²) in [6, 6.07) is 7.64. The van der Waals surface area contributed by atoms with Gasteiger partial charge in [-0.1, -0.05) is 32.9 Å². The highest BCUT2D eigenvalue weighted by Crippen LogP contribution is 2.27. The Morgan fingerprint density at radius 3 is 2.45 bits per heavy atom. The van der Waals surface area contributed by atoms with Gasteiger partial charge >= 0.3 is 0 Å². The molecule has 0 unspecified atom stereocenters. The largest absolute Gasteiger partial charge is 0.344 e. The van der Waals surface area contributed by atoms with E-state index in [2.05, 4.69) is 36.1 Å². The number of imidazole rings is 1. The van der Waals surface area contributed by atoms with Gasteiger partial charge in [-0.25, -0.2) is 4.98 Å². The molecule has 0 aliphatic heterocycles. The van der Waals surface area contributed by atoms with E-state index in [0.29, 0.717) is 5.82 Å². The van der Waals surface area contributed by atoms with Crippen molar-refractivity contribution in [2.24, 2.45) is 5.41 Å². The van der Waals surface area contributed by atoms with Gasteiger partial charge in [0, 0.05) is 5.54 Å². The molecule has 0 saturated heterocycles. The maximum Gasteiger partial charge on any atom is 0.287 e. The van der Waals surface area contributed by atoms with Crippen molar-refractivity contribution in [2.75, 3.05) is 0 Å². The molecule has 0 fully saturated rings. The van der Waals surface area contributed by atoms with Gasteiger partial charge in [0.1, 0.15) is 0 Å². The molecule has 20 heavy (non-hydrogen) atoms. The number of carbonyl (C=O) groups excluding carboxylic acids is 1. The molecule has 2 N–H and O–H groups in total. The first kappa shape index (κ1) is 14.6. The first-order valence-electron chi connectivity index (χ1n) is 6.94. The van der Waals surface area contributed by atoms with E-state index in [1.54, 1.807) is 0 Å². The molecule has 4 nitrogen and oxygen atoms in total. The molecular weight excluding hydrogens is 250 g/mol. The van der Waals surface area contributed by atoms with Crippen LogP contribution in [0.5, 0.6) is 0 Å². The van der Waals surface area contributed by atoms with E-state index in [0.717, 1.165) is 17.5 Å². The Bertz CT molecular complexity index is 587. The third kappa shape index (κ3) is 3.59. The molecule has 1 aromatic carbocycles. The Morgan fingerprint density at radius 2 is 1.85 bits per heavy atom. The zero-order valence-corrected chi connectivity index (χ0v) is 12.9. The normalized spacial score (nSPS) is 12.7. The summed E-state index contributed by atoms with van der Waals surface area (Å²) in [5.74, 6) is 0.212. The van der Waals surface area contributed by atoms with E-state index in [-0.39, 0.29) is 16.9 Å². The standard InChI is InChI=1S/C16H23N3O/c1-15(2,3)10-16(4,5)19-14(20)13-17-11-8-6-7-9-12(11)18-13/h6-9H,10H2,1-5H3,(H,17,18)(H,19,20). The minimum absolute atomic E-state index is 0.157. The second-order valence-electron chi connectivity index (χ2n) is 7.18. The summed E-state index contributed by atoms with van der Waals surface area (Å²) < 4.78 is 0. The van der Waals surface area contributed by atoms with E-state index in [1.165, 1.54) is 0 Å². The number of hydrogen-bond acceptors (Lipinski definition) is 2. The summed E-state index contributed by atoms with van der Waals surface area (Å²) in [6.07, 6.45) is 0.895. The number of aromatic amines is 1. The van der Waals surface area contributed by atoms with Gasteiger partial charge in [-0.05, 0) is 37.8 Å². The van der Waals surface area contributed by atoms with Crippen molar-refractivity contribution in [1.82, 2.24) is 15.3 Å². The molecular formula is C16H23N3O. The Balaban J connectivity index is 2.15. The summed E-state index contributed by atoms with van der Waals surface area (Å²) >= 11 is 0. The van der Waals surface area contributed by atoms with Crippen LogP contribution >= 0.6 is 0 Å². The van der Waals surface area contributed by atoms with Gasteiger partial charge in [0.25, 0.3) is 5.91 Å². The van der Waals surface area contributed by atoms with Crippen LogP contribution in [-0.4, -0.2) is 21.4 Å². The minimum atomic E-state index is -0.270. The second-order valence-corrected chi connectivity index (χ2v) is 7.18. The zero-order chi connectivity index (χ0) is 15.0. The molecule has 0 saturated carbocycles. The van der Waals surface area contributed by atoms with E-state index in [4.69, 9.17) is 0 Å². The predicted molar refractivity (Wildman–Crippen MR) is 81.7 cm³/mol. The number of rotatable bonds is 3. The van der Waals surface area contributed by atoms with E-state index in [9.17, 15) is 4.79 Å². The number of hydrogen-bond donors (Lipinski definition) is 2. The van der Waals surface area contributed by atoms with Crippen LogP contribution in [0.25, 0.3) is 11.0 Å². The van der Waals surface area contributed by atoms with Crippen LogP contribution in [-0.2, 0) is 0 Å². The smallest absolute Gasteiger partial charge is 0.287 e. The molecule has 1 heterocycles. The van der Waals surface area contributed by atoms with Crippen molar-refractivity contribution in [3.63, 3.8) is 0 Å². The van der Waals surface area contributed by atoms with Gasteiger partial charge in [-0.15, -0.1) is 0 Å². The van der Waals surface area contributed by atoms with E-state index >= 15 is 0 Å². The molecule has 0 atom stereocenters. The zero-order valence-electron chi connectivity index (χ0n) is 12.9. The molecule has 0 spiro atoms. The first-order valence-corrected chi connectivity index (χ1v) is 6.94. The van der Waals surface area contributed by atoms with Crippen LogP contribution in [0.2, 0.25) is 0 Å². The topological polar surface area (TPSA) is 57.8 Å². The number of aromatic nitrogens is 2. The summed E-state index contributed by atoms with van der Waals surface area (Å²) in [7, 11) is 0. The first-order chi connectivity index (χ1) is 9.16. The Morgan fingerprint density at radius 1 is 1.20 bits per heavy atom. The van der Waals surface area contributed by atoms with Gasteiger partial charge in [0.15, 0.2) is 5.82 Å². The fraction of sp³-hybridized carbons (Fsp3) is 0.500. The van der Waals surface area contributed by atoms with Crippen LogP contribution in [0.15, 0.2) is 24.3 Å². The lowest BCUT2D eigenvalue weighted by molar-refractivity contribution is 0.0882. The van der Waals surface area contributed by atoms with Crippen LogP contribution in [0.4, 0.5) is 0 Å². The summed E-state index contributed by atoms with van der Waals surface area (Å²) in [5, 5.41) is 3.06. The Hall–Kier alpha value is -1.84. The van der Waals surface area contributed by atoms with Crippen LogP contribution < -0.4 is 5.32 Å².